The minimum atomic E-state index is -0.502. The molecule has 3 aromatic carbocycles. The smallest absolute Gasteiger partial charge is 0.240 e. The van der Waals surface area contributed by atoms with E-state index in [9.17, 15) is 4.79 Å². The minimum Gasteiger partial charge on any atom is -0.378 e. The van der Waals surface area contributed by atoms with E-state index in [2.05, 4.69) is 37.6 Å². The third kappa shape index (κ3) is 6.42. The second-order valence-electron chi connectivity index (χ2n) is 8.90. The highest BCUT2D eigenvalue weighted by Gasteiger charge is 2.16. The predicted octanol–water partition coefficient (Wildman–Crippen LogP) is 4.23. The molecule has 8 heteroatoms. The zero-order valence-corrected chi connectivity index (χ0v) is 20.5. The molecular formula is C29H30N6O2. The third-order valence-electron chi connectivity index (χ3n) is 6.30. The summed E-state index contributed by atoms with van der Waals surface area (Å²) >= 11 is 0. The first-order chi connectivity index (χ1) is 18.1. The van der Waals surface area contributed by atoms with E-state index in [0.29, 0.717) is 12.4 Å². The average Bonchev–Trinajstić information content (AvgIpc) is 2.95. The topological polar surface area (TPSA) is 105 Å². The summed E-state index contributed by atoms with van der Waals surface area (Å²) in [5.74, 6) is 0.132. The third-order valence-corrected chi connectivity index (χ3v) is 6.30. The van der Waals surface area contributed by atoms with Gasteiger partial charge in [0.05, 0.1) is 18.9 Å². The quantitative estimate of drug-likeness (QED) is 0.320. The maximum Gasteiger partial charge on any atom is 0.240 e. The number of nitrogens with zero attached hydrogens (tertiary/aromatic N) is 3. The zero-order valence-electron chi connectivity index (χ0n) is 20.5. The van der Waals surface area contributed by atoms with Gasteiger partial charge in [0.1, 0.15) is 6.04 Å². The number of carbonyl (C=O) groups excluding carboxylic acids is 1. The Morgan fingerprint density at radius 2 is 1.62 bits per heavy atom. The second-order valence-corrected chi connectivity index (χ2v) is 8.90. The van der Waals surface area contributed by atoms with E-state index >= 15 is 0 Å². The molecule has 4 aromatic rings. The summed E-state index contributed by atoms with van der Waals surface area (Å²) in [7, 11) is 0. The Bertz CT molecular complexity index is 1310. The van der Waals surface area contributed by atoms with E-state index in [-0.39, 0.29) is 0 Å². The summed E-state index contributed by atoms with van der Waals surface area (Å²) < 4.78 is 5.43. The largest absolute Gasteiger partial charge is 0.378 e. The Balaban J connectivity index is 1.23. The van der Waals surface area contributed by atoms with Crippen LogP contribution in [0.2, 0.25) is 0 Å². The lowest BCUT2D eigenvalue weighted by atomic mass is 10.0. The number of benzene rings is 3. The SMILES string of the molecule is NC(=O)[C@@H](Cc1ccccc1)Nc1ccc(-c2ccnc(Nc3ccc(N4CCOCC4)cc3)n2)cc1. The molecule has 0 unspecified atom stereocenters. The minimum absolute atomic E-state index is 0.391. The van der Waals surface area contributed by atoms with Gasteiger partial charge in [0.25, 0.3) is 0 Å². The highest BCUT2D eigenvalue weighted by Crippen LogP contribution is 2.24. The van der Waals surface area contributed by atoms with Crippen LogP contribution in [0.15, 0.2) is 91.1 Å². The van der Waals surface area contributed by atoms with E-state index in [0.717, 1.165) is 54.5 Å². The lowest BCUT2D eigenvalue weighted by Gasteiger charge is -2.28. The molecule has 1 aliphatic rings. The number of ether oxygens (including phenoxy) is 1. The number of nitrogens with one attached hydrogen (secondary N) is 2. The molecule has 0 saturated carbocycles. The van der Waals surface area contributed by atoms with E-state index in [1.165, 1.54) is 5.69 Å². The van der Waals surface area contributed by atoms with Crippen LogP contribution >= 0.6 is 0 Å². The highest BCUT2D eigenvalue weighted by atomic mass is 16.5. The molecule has 0 spiro atoms. The number of morpholine rings is 1. The number of rotatable bonds is 9. The lowest BCUT2D eigenvalue weighted by molar-refractivity contribution is -0.118. The van der Waals surface area contributed by atoms with E-state index in [4.69, 9.17) is 10.5 Å². The summed E-state index contributed by atoms with van der Waals surface area (Å²) in [6.45, 7) is 3.33. The van der Waals surface area contributed by atoms with Crippen LogP contribution < -0.4 is 21.3 Å². The van der Waals surface area contributed by atoms with E-state index in [1.807, 2.05) is 72.8 Å². The standard InChI is InChI=1S/C29H30N6O2/c30-28(36)27(20-21-4-2-1-3-5-21)32-23-8-6-22(7-9-23)26-14-15-31-29(34-26)33-24-10-12-25(13-11-24)35-16-18-37-19-17-35/h1-15,27,32H,16-20H2,(H2,30,36)(H,31,33,34)/t27-/m1/s1. The molecule has 37 heavy (non-hydrogen) atoms. The van der Waals surface area contributed by atoms with Gasteiger partial charge in [-0.05, 0) is 48.0 Å². The van der Waals surface area contributed by atoms with Gasteiger partial charge >= 0.3 is 0 Å². The van der Waals surface area contributed by atoms with Gasteiger partial charge in [0, 0.05) is 48.3 Å². The van der Waals surface area contributed by atoms with Gasteiger partial charge in [-0.1, -0.05) is 42.5 Å². The van der Waals surface area contributed by atoms with Crippen LogP contribution in [0.25, 0.3) is 11.3 Å². The Labute approximate surface area is 216 Å². The predicted molar refractivity (Wildman–Crippen MR) is 147 cm³/mol. The van der Waals surface area contributed by atoms with Gasteiger partial charge in [0.2, 0.25) is 11.9 Å². The summed E-state index contributed by atoms with van der Waals surface area (Å²) in [6, 6.07) is 27.2. The molecule has 0 aliphatic carbocycles. The first-order valence-electron chi connectivity index (χ1n) is 12.4. The van der Waals surface area contributed by atoms with Crippen molar-refractivity contribution in [1.82, 2.24) is 9.97 Å². The van der Waals surface area contributed by atoms with Crippen molar-refractivity contribution < 1.29 is 9.53 Å². The molecule has 188 valence electrons. The fourth-order valence-corrected chi connectivity index (χ4v) is 4.30. The summed E-state index contributed by atoms with van der Waals surface area (Å²) in [5, 5.41) is 6.54. The molecule has 4 N–H and O–H groups in total. The molecule has 2 heterocycles. The van der Waals surface area contributed by atoms with Gasteiger partial charge in [-0.15, -0.1) is 0 Å². The molecule has 5 rings (SSSR count). The first kappa shape index (κ1) is 24.3. The lowest BCUT2D eigenvalue weighted by Crippen LogP contribution is -2.37. The number of hydrogen-bond donors (Lipinski definition) is 3. The van der Waals surface area contributed by atoms with Crippen molar-refractivity contribution in [3.05, 3.63) is 96.7 Å². The highest BCUT2D eigenvalue weighted by molar-refractivity contribution is 5.83. The van der Waals surface area contributed by atoms with E-state index < -0.39 is 11.9 Å². The van der Waals surface area contributed by atoms with Crippen molar-refractivity contribution in [3.8, 4) is 11.3 Å². The molecule has 1 aromatic heterocycles. The van der Waals surface area contributed by atoms with Crippen molar-refractivity contribution in [3.63, 3.8) is 0 Å². The first-order valence-corrected chi connectivity index (χ1v) is 12.4. The Morgan fingerprint density at radius 3 is 2.32 bits per heavy atom. The number of primary amides is 1. The monoisotopic (exact) mass is 494 g/mol. The molecule has 1 aliphatic heterocycles. The molecule has 1 atom stereocenters. The second kappa shape index (κ2) is 11.5. The van der Waals surface area contributed by atoms with Crippen LogP contribution in [0, 0.1) is 0 Å². The Morgan fingerprint density at radius 1 is 0.919 bits per heavy atom. The molecule has 1 saturated heterocycles. The number of carbonyl (C=O) groups is 1. The van der Waals surface area contributed by atoms with Crippen molar-refractivity contribution in [2.75, 3.05) is 41.8 Å². The molecule has 0 bridgehead atoms. The number of amides is 1. The zero-order chi connectivity index (χ0) is 25.5. The van der Waals surface area contributed by atoms with Gasteiger partial charge in [0.15, 0.2) is 0 Å². The fourth-order valence-electron chi connectivity index (χ4n) is 4.30. The maximum absolute atomic E-state index is 12.0. The van der Waals surface area contributed by atoms with Crippen molar-refractivity contribution in [2.45, 2.75) is 12.5 Å². The molecule has 1 fully saturated rings. The van der Waals surface area contributed by atoms with Crippen molar-refractivity contribution in [2.24, 2.45) is 5.73 Å². The molecular weight excluding hydrogens is 464 g/mol. The van der Waals surface area contributed by atoms with Crippen LogP contribution in [0.1, 0.15) is 5.56 Å². The normalized spacial score (nSPS) is 14.1. The number of hydrogen-bond acceptors (Lipinski definition) is 7. The summed E-state index contributed by atoms with van der Waals surface area (Å²) in [4.78, 5) is 23.4. The van der Waals surface area contributed by atoms with Crippen LogP contribution in [0.3, 0.4) is 0 Å². The Kier molecular flexibility index (Phi) is 7.57. The van der Waals surface area contributed by atoms with Crippen LogP contribution in [0.5, 0.6) is 0 Å². The van der Waals surface area contributed by atoms with Gasteiger partial charge in [-0.2, -0.15) is 0 Å². The number of aromatic nitrogens is 2. The maximum atomic E-state index is 12.0. The number of nitrogens with two attached hydrogens (primary N) is 1. The van der Waals surface area contributed by atoms with Crippen molar-refractivity contribution in [1.29, 1.82) is 0 Å². The van der Waals surface area contributed by atoms with Crippen molar-refractivity contribution >= 4 is 28.9 Å². The molecule has 1 amide bonds. The van der Waals surface area contributed by atoms with Crippen LogP contribution in [-0.4, -0.2) is 48.2 Å². The summed E-state index contributed by atoms with van der Waals surface area (Å²) in [5.41, 5.74) is 11.4. The van der Waals surface area contributed by atoms with Crippen LogP contribution in [0.4, 0.5) is 23.0 Å². The fraction of sp³-hybridized carbons (Fsp3) is 0.207. The van der Waals surface area contributed by atoms with Gasteiger partial charge in [-0.3, -0.25) is 4.79 Å². The van der Waals surface area contributed by atoms with Crippen LogP contribution in [-0.2, 0) is 16.0 Å². The van der Waals surface area contributed by atoms with E-state index in [1.54, 1.807) is 6.20 Å². The molecule has 8 nitrogen and oxygen atoms in total. The summed E-state index contributed by atoms with van der Waals surface area (Å²) in [6.07, 6.45) is 2.26. The average molecular weight is 495 g/mol. The van der Waals surface area contributed by atoms with Gasteiger partial charge < -0.3 is 26.0 Å². The van der Waals surface area contributed by atoms with Gasteiger partial charge in [-0.25, -0.2) is 9.97 Å². The Hall–Kier alpha value is -4.43. The number of anilines is 4. The molecule has 0 radical (unpaired) electrons.